The molecular formula is C12H7BrCl2N2O. The van der Waals surface area contributed by atoms with Crippen molar-refractivity contribution in [3.8, 4) is 0 Å². The van der Waals surface area contributed by atoms with Gasteiger partial charge >= 0.3 is 0 Å². The van der Waals surface area contributed by atoms with Crippen molar-refractivity contribution >= 4 is 50.9 Å². The van der Waals surface area contributed by atoms with Gasteiger partial charge in [-0.25, -0.2) is 4.98 Å². The first-order valence-corrected chi connectivity index (χ1v) is 6.49. The quantitative estimate of drug-likeness (QED) is 0.876. The van der Waals surface area contributed by atoms with Gasteiger partial charge in [0.15, 0.2) is 0 Å². The van der Waals surface area contributed by atoms with Crippen molar-refractivity contribution in [2.45, 2.75) is 0 Å². The number of anilines is 1. The predicted molar refractivity (Wildman–Crippen MR) is 76.4 cm³/mol. The molecule has 0 radical (unpaired) electrons. The van der Waals surface area contributed by atoms with Gasteiger partial charge in [-0.15, -0.1) is 0 Å². The Labute approximate surface area is 122 Å². The van der Waals surface area contributed by atoms with E-state index in [0.29, 0.717) is 21.4 Å². The summed E-state index contributed by atoms with van der Waals surface area (Å²) >= 11 is 14.9. The standard InChI is InChI=1S/C12H7BrCl2N2O/c13-8-2-4-11(16-6-8)17-12(18)7-1-3-9(14)10(15)5-7/h1-6H,(H,16,17,18). The number of rotatable bonds is 2. The van der Waals surface area contributed by atoms with Gasteiger partial charge in [0, 0.05) is 16.2 Å². The van der Waals surface area contributed by atoms with Crippen LogP contribution in [0.2, 0.25) is 10.0 Å². The number of aromatic nitrogens is 1. The maximum absolute atomic E-state index is 11.9. The second-order valence-corrected chi connectivity index (χ2v) is 5.17. The van der Waals surface area contributed by atoms with Crippen LogP contribution >= 0.6 is 39.1 Å². The zero-order valence-corrected chi connectivity index (χ0v) is 12.1. The van der Waals surface area contributed by atoms with Gasteiger partial charge in [-0.1, -0.05) is 23.2 Å². The Bertz CT molecular complexity index is 587. The molecular weight excluding hydrogens is 339 g/mol. The highest BCUT2D eigenvalue weighted by molar-refractivity contribution is 9.10. The Morgan fingerprint density at radius 3 is 2.56 bits per heavy atom. The molecule has 1 amide bonds. The Hall–Kier alpha value is -1.10. The highest BCUT2D eigenvalue weighted by atomic mass is 79.9. The number of pyridine rings is 1. The summed E-state index contributed by atoms with van der Waals surface area (Å²) in [4.78, 5) is 15.9. The molecule has 0 atom stereocenters. The molecule has 0 unspecified atom stereocenters. The Balaban J connectivity index is 2.16. The summed E-state index contributed by atoms with van der Waals surface area (Å²) in [6.07, 6.45) is 1.60. The van der Waals surface area contributed by atoms with Crippen molar-refractivity contribution < 1.29 is 4.79 Å². The van der Waals surface area contributed by atoms with Crippen LogP contribution in [-0.4, -0.2) is 10.9 Å². The van der Waals surface area contributed by atoms with Gasteiger partial charge in [-0.3, -0.25) is 4.79 Å². The average Bonchev–Trinajstić information content (AvgIpc) is 2.35. The highest BCUT2D eigenvalue weighted by Crippen LogP contribution is 2.23. The largest absolute Gasteiger partial charge is 0.307 e. The van der Waals surface area contributed by atoms with E-state index in [1.54, 1.807) is 30.5 Å². The van der Waals surface area contributed by atoms with E-state index in [4.69, 9.17) is 23.2 Å². The summed E-state index contributed by atoms with van der Waals surface area (Å²) < 4.78 is 0.843. The van der Waals surface area contributed by atoms with Crippen LogP contribution in [-0.2, 0) is 0 Å². The third kappa shape index (κ3) is 3.22. The smallest absolute Gasteiger partial charge is 0.256 e. The molecule has 0 spiro atoms. The molecule has 3 nitrogen and oxygen atoms in total. The molecule has 18 heavy (non-hydrogen) atoms. The molecule has 1 aromatic heterocycles. The topological polar surface area (TPSA) is 42.0 Å². The Morgan fingerprint density at radius 2 is 1.94 bits per heavy atom. The third-order valence-corrected chi connectivity index (χ3v) is 3.36. The molecule has 1 N–H and O–H groups in total. The number of carbonyl (C=O) groups is 1. The van der Waals surface area contributed by atoms with Crippen molar-refractivity contribution in [3.63, 3.8) is 0 Å². The molecule has 0 aliphatic heterocycles. The van der Waals surface area contributed by atoms with Gasteiger partial charge in [0.05, 0.1) is 10.0 Å². The summed E-state index contributed by atoms with van der Waals surface area (Å²) in [5.41, 5.74) is 0.425. The normalized spacial score (nSPS) is 10.2. The Kier molecular flexibility index (Phi) is 4.22. The number of nitrogens with zero attached hydrogens (tertiary/aromatic N) is 1. The molecule has 2 aromatic rings. The lowest BCUT2D eigenvalue weighted by Crippen LogP contribution is -2.12. The van der Waals surface area contributed by atoms with Gasteiger partial charge in [-0.05, 0) is 46.3 Å². The fraction of sp³-hybridized carbons (Fsp3) is 0. The van der Waals surface area contributed by atoms with Gasteiger partial charge in [0.2, 0.25) is 0 Å². The fourth-order valence-corrected chi connectivity index (χ4v) is 1.81. The van der Waals surface area contributed by atoms with Gasteiger partial charge < -0.3 is 5.32 Å². The minimum absolute atomic E-state index is 0.289. The summed E-state index contributed by atoms with van der Waals surface area (Å²) in [6.45, 7) is 0. The van der Waals surface area contributed by atoms with E-state index in [1.807, 2.05) is 0 Å². The number of amides is 1. The lowest BCUT2D eigenvalue weighted by Gasteiger charge is -2.05. The number of benzene rings is 1. The minimum Gasteiger partial charge on any atom is -0.307 e. The van der Waals surface area contributed by atoms with Crippen LogP contribution in [0.15, 0.2) is 41.0 Å². The second-order valence-electron chi connectivity index (χ2n) is 3.44. The van der Waals surface area contributed by atoms with E-state index >= 15 is 0 Å². The zero-order chi connectivity index (χ0) is 13.1. The van der Waals surface area contributed by atoms with E-state index in [2.05, 4.69) is 26.2 Å². The van der Waals surface area contributed by atoms with E-state index in [1.165, 1.54) is 6.07 Å². The number of nitrogens with one attached hydrogen (secondary N) is 1. The lowest BCUT2D eigenvalue weighted by atomic mass is 10.2. The second kappa shape index (κ2) is 5.69. The fourth-order valence-electron chi connectivity index (χ4n) is 1.28. The minimum atomic E-state index is -0.289. The van der Waals surface area contributed by atoms with Gasteiger partial charge in [0.25, 0.3) is 5.91 Å². The number of hydrogen-bond acceptors (Lipinski definition) is 2. The first-order chi connectivity index (χ1) is 8.56. The van der Waals surface area contributed by atoms with Crippen LogP contribution in [0.5, 0.6) is 0 Å². The summed E-state index contributed by atoms with van der Waals surface area (Å²) in [7, 11) is 0. The molecule has 0 aliphatic carbocycles. The van der Waals surface area contributed by atoms with E-state index in [0.717, 1.165) is 4.47 Å². The molecule has 0 saturated carbocycles. The number of halogens is 3. The molecule has 0 bridgehead atoms. The molecule has 1 aromatic carbocycles. The summed E-state index contributed by atoms with van der Waals surface area (Å²) in [5.74, 6) is 0.178. The van der Waals surface area contributed by atoms with Crippen molar-refractivity contribution in [1.29, 1.82) is 0 Å². The average molecular weight is 346 g/mol. The van der Waals surface area contributed by atoms with Crippen molar-refractivity contribution in [1.82, 2.24) is 4.98 Å². The lowest BCUT2D eigenvalue weighted by molar-refractivity contribution is 0.102. The summed E-state index contributed by atoms with van der Waals surface area (Å²) in [6, 6.07) is 8.17. The van der Waals surface area contributed by atoms with Crippen LogP contribution in [0, 0.1) is 0 Å². The first-order valence-electron chi connectivity index (χ1n) is 4.94. The van der Waals surface area contributed by atoms with E-state index < -0.39 is 0 Å². The molecule has 1 heterocycles. The number of carbonyl (C=O) groups excluding carboxylic acids is 1. The van der Waals surface area contributed by atoms with Gasteiger partial charge in [0.1, 0.15) is 5.82 Å². The van der Waals surface area contributed by atoms with Crippen LogP contribution in [0.25, 0.3) is 0 Å². The Morgan fingerprint density at radius 1 is 1.17 bits per heavy atom. The van der Waals surface area contributed by atoms with E-state index in [9.17, 15) is 4.79 Å². The maximum Gasteiger partial charge on any atom is 0.256 e. The monoisotopic (exact) mass is 344 g/mol. The SMILES string of the molecule is O=C(Nc1ccc(Br)cn1)c1ccc(Cl)c(Cl)c1. The van der Waals surface area contributed by atoms with Gasteiger partial charge in [-0.2, -0.15) is 0 Å². The third-order valence-electron chi connectivity index (χ3n) is 2.15. The van der Waals surface area contributed by atoms with Crippen LogP contribution in [0.4, 0.5) is 5.82 Å². The number of hydrogen-bond donors (Lipinski definition) is 1. The van der Waals surface area contributed by atoms with Crippen molar-refractivity contribution in [2.75, 3.05) is 5.32 Å². The highest BCUT2D eigenvalue weighted by Gasteiger charge is 2.08. The van der Waals surface area contributed by atoms with Crippen molar-refractivity contribution in [2.24, 2.45) is 0 Å². The van der Waals surface area contributed by atoms with E-state index in [-0.39, 0.29) is 5.91 Å². The predicted octanol–water partition coefficient (Wildman–Crippen LogP) is 4.40. The molecule has 0 aliphatic rings. The van der Waals surface area contributed by atoms with Crippen molar-refractivity contribution in [3.05, 3.63) is 56.6 Å². The molecule has 6 heteroatoms. The van der Waals surface area contributed by atoms with Crippen LogP contribution in [0.3, 0.4) is 0 Å². The summed E-state index contributed by atoms with van der Waals surface area (Å²) in [5, 5.41) is 3.41. The van der Waals surface area contributed by atoms with Crippen LogP contribution in [0.1, 0.15) is 10.4 Å². The molecule has 2 rings (SSSR count). The molecule has 0 fully saturated rings. The first kappa shape index (κ1) is 13.3. The maximum atomic E-state index is 11.9. The zero-order valence-electron chi connectivity index (χ0n) is 8.95. The molecule has 0 saturated heterocycles. The molecule has 92 valence electrons. The van der Waals surface area contributed by atoms with Crippen LogP contribution < -0.4 is 5.32 Å².